The molecule has 2 atom stereocenters. The third-order valence-electron chi connectivity index (χ3n) is 2.74. The van der Waals surface area contributed by atoms with E-state index in [-0.39, 0.29) is 0 Å². The van der Waals surface area contributed by atoms with E-state index >= 15 is 0 Å². The van der Waals surface area contributed by atoms with Gasteiger partial charge in [-0.2, -0.15) is 0 Å². The highest BCUT2D eigenvalue weighted by molar-refractivity contribution is 7.13. The molecule has 0 bridgehead atoms. The summed E-state index contributed by atoms with van der Waals surface area (Å²) in [6.07, 6.45) is 3.50. The number of nitrogens with one attached hydrogen (secondary N) is 1. The van der Waals surface area contributed by atoms with Crippen molar-refractivity contribution in [2.24, 2.45) is 5.92 Å². The molecule has 0 spiro atoms. The molecule has 0 radical (unpaired) electrons. The van der Waals surface area contributed by atoms with Gasteiger partial charge in [0, 0.05) is 11.4 Å². The fraction of sp³-hybridized carbons (Fsp3) is 0.750. The first-order valence-corrected chi connectivity index (χ1v) is 6.74. The van der Waals surface area contributed by atoms with Gasteiger partial charge in [0.05, 0.1) is 5.69 Å². The molecule has 1 rings (SSSR count). The Kier molecular flexibility index (Phi) is 5.09. The van der Waals surface area contributed by atoms with Gasteiger partial charge < -0.3 is 5.32 Å². The highest BCUT2D eigenvalue weighted by atomic mass is 32.1. The van der Waals surface area contributed by atoms with Crippen LogP contribution < -0.4 is 5.32 Å². The van der Waals surface area contributed by atoms with Crippen molar-refractivity contribution in [1.82, 2.24) is 4.98 Å². The lowest BCUT2D eigenvalue weighted by molar-refractivity contribution is 0.483. The van der Waals surface area contributed by atoms with Gasteiger partial charge in [0.25, 0.3) is 0 Å². The zero-order valence-corrected chi connectivity index (χ0v) is 11.0. The minimum Gasteiger partial charge on any atom is -0.359 e. The lowest BCUT2D eigenvalue weighted by Crippen LogP contribution is -2.18. The first kappa shape index (κ1) is 12.5. The van der Waals surface area contributed by atoms with Crippen molar-refractivity contribution in [2.75, 3.05) is 5.32 Å². The molecular formula is C12H22N2S. The quantitative estimate of drug-likeness (QED) is 0.794. The van der Waals surface area contributed by atoms with E-state index in [0.29, 0.717) is 6.04 Å². The van der Waals surface area contributed by atoms with E-state index in [1.165, 1.54) is 18.5 Å². The van der Waals surface area contributed by atoms with Crippen molar-refractivity contribution in [1.29, 1.82) is 0 Å². The summed E-state index contributed by atoms with van der Waals surface area (Å²) in [5, 5.41) is 6.68. The van der Waals surface area contributed by atoms with Crippen LogP contribution in [0.4, 0.5) is 5.13 Å². The average molecular weight is 226 g/mol. The monoisotopic (exact) mass is 226 g/mol. The smallest absolute Gasteiger partial charge is 0.183 e. The summed E-state index contributed by atoms with van der Waals surface area (Å²) in [6.45, 7) is 8.92. The summed E-state index contributed by atoms with van der Waals surface area (Å²) in [5.74, 6) is 0.790. The Morgan fingerprint density at radius 2 is 2.13 bits per heavy atom. The van der Waals surface area contributed by atoms with Gasteiger partial charge in [-0.3, -0.25) is 0 Å². The highest BCUT2D eigenvalue weighted by Gasteiger charge is 2.08. The van der Waals surface area contributed by atoms with Gasteiger partial charge in [-0.25, -0.2) is 4.98 Å². The minimum atomic E-state index is 0.524. The topological polar surface area (TPSA) is 24.9 Å². The SMILES string of the molecule is CCc1csc(NC(C)CC(C)CC)n1. The van der Waals surface area contributed by atoms with Crippen LogP contribution in [0.1, 0.15) is 46.2 Å². The van der Waals surface area contributed by atoms with E-state index in [2.05, 4.69) is 43.4 Å². The predicted octanol–water partition coefficient (Wildman–Crippen LogP) is 3.94. The molecule has 15 heavy (non-hydrogen) atoms. The second-order valence-electron chi connectivity index (χ2n) is 4.29. The Labute approximate surface area is 97.1 Å². The molecular weight excluding hydrogens is 204 g/mol. The molecule has 1 N–H and O–H groups in total. The van der Waals surface area contributed by atoms with Gasteiger partial charge in [-0.05, 0) is 25.7 Å². The van der Waals surface area contributed by atoms with E-state index in [0.717, 1.165) is 17.5 Å². The van der Waals surface area contributed by atoms with Gasteiger partial charge in [0.1, 0.15) is 0 Å². The third-order valence-corrected chi connectivity index (χ3v) is 3.56. The molecule has 1 aromatic heterocycles. The summed E-state index contributed by atoms with van der Waals surface area (Å²) in [7, 11) is 0. The second kappa shape index (κ2) is 6.11. The first-order chi connectivity index (χ1) is 7.15. The molecule has 0 aliphatic rings. The zero-order chi connectivity index (χ0) is 11.3. The van der Waals surface area contributed by atoms with Crippen LogP contribution in [0, 0.1) is 5.92 Å². The molecule has 2 nitrogen and oxygen atoms in total. The number of hydrogen-bond donors (Lipinski definition) is 1. The Bertz CT molecular complexity index is 283. The molecule has 0 aromatic carbocycles. The van der Waals surface area contributed by atoms with Crippen LogP contribution in [0.3, 0.4) is 0 Å². The molecule has 1 heterocycles. The van der Waals surface area contributed by atoms with Crippen LogP contribution in [0.5, 0.6) is 0 Å². The van der Waals surface area contributed by atoms with Gasteiger partial charge in [0.15, 0.2) is 5.13 Å². The number of rotatable bonds is 6. The molecule has 3 heteroatoms. The number of aryl methyl sites for hydroxylation is 1. The third kappa shape index (κ3) is 4.20. The van der Waals surface area contributed by atoms with Crippen LogP contribution in [0.25, 0.3) is 0 Å². The second-order valence-corrected chi connectivity index (χ2v) is 5.15. The average Bonchev–Trinajstić information content (AvgIpc) is 2.65. The lowest BCUT2D eigenvalue weighted by atomic mass is 10.0. The predicted molar refractivity (Wildman–Crippen MR) is 68.6 cm³/mol. The molecule has 0 aliphatic heterocycles. The van der Waals surface area contributed by atoms with Crippen LogP contribution in [-0.4, -0.2) is 11.0 Å². The minimum absolute atomic E-state index is 0.524. The van der Waals surface area contributed by atoms with Crippen molar-refractivity contribution < 1.29 is 0 Å². The number of anilines is 1. The molecule has 86 valence electrons. The largest absolute Gasteiger partial charge is 0.359 e. The molecule has 0 amide bonds. The van der Waals surface area contributed by atoms with E-state index < -0.39 is 0 Å². The molecule has 0 saturated carbocycles. The standard InChI is InChI=1S/C12H22N2S/c1-5-9(3)7-10(4)13-12-14-11(6-2)8-15-12/h8-10H,5-7H2,1-4H3,(H,13,14). The Morgan fingerprint density at radius 1 is 1.40 bits per heavy atom. The Hall–Kier alpha value is -0.570. The summed E-state index contributed by atoms with van der Waals surface area (Å²) >= 11 is 1.71. The van der Waals surface area contributed by atoms with Crippen molar-refractivity contribution in [3.05, 3.63) is 11.1 Å². The van der Waals surface area contributed by atoms with Crippen molar-refractivity contribution in [3.8, 4) is 0 Å². The van der Waals surface area contributed by atoms with Gasteiger partial charge >= 0.3 is 0 Å². The van der Waals surface area contributed by atoms with Crippen LogP contribution >= 0.6 is 11.3 Å². The maximum atomic E-state index is 4.51. The molecule has 0 saturated heterocycles. The van der Waals surface area contributed by atoms with Crippen LogP contribution in [0.2, 0.25) is 0 Å². The summed E-state index contributed by atoms with van der Waals surface area (Å²) < 4.78 is 0. The van der Waals surface area contributed by atoms with E-state index in [9.17, 15) is 0 Å². The summed E-state index contributed by atoms with van der Waals surface area (Å²) in [4.78, 5) is 4.51. The van der Waals surface area contributed by atoms with E-state index in [4.69, 9.17) is 0 Å². The number of nitrogens with zero attached hydrogens (tertiary/aromatic N) is 1. The van der Waals surface area contributed by atoms with Crippen molar-refractivity contribution in [2.45, 2.75) is 53.0 Å². The highest BCUT2D eigenvalue weighted by Crippen LogP contribution is 2.19. The molecule has 1 aromatic rings. The normalized spacial score (nSPS) is 14.9. The number of aromatic nitrogens is 1. The fourth-order valence-corrected chi connectivity index (χ4v) is 2.48. The van der Waals surface area contributed by atoms with Crippen molar-refractivity contribution >= 4 is 16.5 Å². The molecule has 0 fully saturated rings. The zero-order valence-electron chi connectivity index (χ0n) is 10.2. The Morgan fingerprint density at radius 3 is 2.67 bits per heavy atom. The van der Waals surface area contributed by atoms with Gasteiger partial charge in [-0.15, -0.1) is 11.3 Å². The lowest BCUT2D eigenvalue weighted by Gasteiger charge is -2.16. The summed E-state index contributed by atoms with van der Waals surface area (Å²) in [5.41, 5.74) is 1.19. The first-order valence-electron chi connectivity index (χ1n) is 5.86. The van der Waals surface area contributed by atoms with Crippen LogP contribution in [0.15, 0.2) is 5.38 Å². The van der Waals surface area contributed by atoms with Crippen molar-refractivity contribution in [3.63, 3.8) is 0 Å². The fourth-order valence-electron chi connectivity index (χ4n) is 1.58. The molecule has 0 aliphatic carbocycles. The van der Waals surface area contributed by atoms with Gasteiger partial charge in [-0.1, -0.05) is 27.2 Å². The molecule has 2 unspecified atom stereocenters. The maximum absolute atomic E-state index is 4.51. The van der Waals surface area contributed by atoms with E-state index in [1.807, 2.05) is 0 Å². The van der Waals surface area contributed by atoms with Gasteiger partial charge in [0.2, 0.25) is 0 Å². The van der Waals surface area contributed by atoms with E-state index in [1.54, 1.807) is 11.3 Å². The maximum Gasteiger partial charge on any atom is 0.183 e. The summed E-state index contributed by atoms with van der Waals surface area (Å²) in [6, 6.07) is 0.524. The number of hydrogen-bond acceptors (Lipinski definition) is 3. The number of thiazole rings is 1. The van der Waals surface area contributed by atoms with Crippen LogP contribution in [-0.2, 0) is 6.42 Å². The Balaban J connectivity index is 2.40.